The number of pyridine rings is 1. The Morgan fingerprint density at radius 1 is 1.55 bits per heavy atom. The zero-order valence-electron chi connectivity index (χ0n) is 5.62. The number of nitrogens with zero attached hydrogens (tertiary/aromatic N) is 2. The summed E-state index contributed by atoms with van der Waals surface area (Å²) in [5.74, 6) is 0. The van der Waals surface area contributed by atoms with Gasteiger partial charge in [0.05, 0.1) is 5.39 Å². The zero-order chi connectivity index (χ0) is 7.68. The van der Waals surface area contributed by atoms with Gasteiger partial charge in [-0.25, -0.2) is 4.98 Å². The van der Waals surface area contributed by atoms with Gasteiger partial charge in [-0.1, -0.05) is 21.1 Å². The Hall–Kier alpha value is -0.900. The number of halogens is 1. The first-order valence-electron chi connectivity index (χ1n) is 3.17. The zero-order valence-corrected chi connectivity index (χ0v) is 7.21. The fourth-order valence-electron chi connectivity index (χ4n) is 0.927. The van der Waals surface area contributed by atoms with Crippen molar-refractivity contribution in [3.63, 3.8) is 0 Å². The van der Waals surface area contributed by atoms with Crippen molar-refractivity contribution in [3.8, 4) is 0 Å². The Bertz CT molecular complexity index is 371. The third kappa shape index (κ3) is 1.03. The van der Waals surface area contributed by atoms with E-state index in [-0.39, 0.29) is 0 Å². The van der Waals surface area contributed by atoms with Gasteiger partial charge in [-0.2, -0.15) is 0 Å². The summed E-state index contributed by atoms with van der Waals surface area (Å²) in [6, 6.07) is 3.81. The molecule has 2 rings (SSSR count). The van der Waals surface area contributed by atoms with Crippen LogP contribution in [-0.2, 0) is 5.33 Å². The van der Waals surface area contributed by atoms with Gasteiger partial charge in [-0.3, -0.25) is 0 Å². The number of alkyl halides is 1. The van der Waals surface area contributed by atoms with Gasteiger partial charge in [0.1, 0.15) is 5.69 Å². The molecular formula is C7H5BrN2O. The highest BCUT2D eigenvalue weighted by Crippen LogP contribution is 2.17. The molecule has 0 fully saturated rings. The minimum absolute atomic E-state index is 0.599. The molecular weight excluding hydrogens is 208 g/mol. The van der Waals surface area contributed by atoms with Crippen molar-refractivity contribution in [2.75, 3.05) is 0 Å². The molecule has 0 radical (unpaired) electrons. The first-order valence-corrected chi connectivity index (χ1v) is 4.29. The highest BCUT2D eigenvalue weighted by molar-refractivity contribution is 9.08. The van der Waals surface area contributed by atoms with Gasteiger partial charge >= 0.3 is 0 Å². The van der Waals surface area contributed by atoms with Crippen molar-refractivity contribution in [3.05, 3.63) is 24.0 Å². The average molecular weight is 213 g/mol. The summed E-state index contributed by atoms with van der Waals surface area (Å²) in [5, 5.41) is 5.51. The van der Waals surface area contributed by atoms with E-state index in [1.165, 1.54) is 0 Å². The van der Waals surface area contributed by atoms with Gasteiger partial charge in [-0.05, 0) is 12.1 Å². The SMILES string of the molecule is BrCc1noc2ncccc12. The van der Waals surface area contributed by atoms with Gasteiger partial charge in [0, 0.05) is 11.5 Å². The van der Waals surface area contributed by atoms with Crippen LogP contribution in [0.15, 0.2) is 22.9 Å². The van der Waals surface area contributed by atoms with E-state index in [9.17, 15) is 0 Å². The smallest absolute Gasteiger partial charge is 0.257 e. The molecule has 56 valence electrons. The number of aromatic nitrogens is 2. The van der Waals surface area contributed by atoms with E-state index in [0.717, 1.165) is 11.1 Å². The van der Waals surface area contributed by atoms with E-state index < -0.39 is 0 Å². The summed E-state index contributed by atoms with van der Waals surface area (Å²) >= 11 is 3.31. The first kappa shape index (κ1) is 6.79. The molecule has 2 aromatic rings. The van der Waals surface area contributed by atoms with E-state index in [1.54, 1.807) is 6.20 Å². The lowest BCUT2D eigenvalue weighted by Crippen LogP contribution is -1.75. The average Bonchev–Trinajstić information content (AvgIpc) is 2.47. The van der Waals surface area contributed by atoms with Crippen LogP contribution in [0, 0.1) is 0 Å². The molecule has 4 heteroatoms. The van der Waals surface area contributed by atoms with Crippen LogP contribution in [0.4, 0.5) is 0 Å². The monoisotopic (exact) mass is 212 g/mol. The van der Waals surface area contributed by atoms with Crippen molar-refractivity contribution < 1.29 is 4.52 Å². The number of fused-ring (bicyclic) bond motifs is 1. The molecule has 11 heavy (non-hydrogen) atoms. The summed E-state index contributed by atoms with van der Waals surface area (Å²) in [5.41, 5.74) is 1.50. The molecule has 0 atom stereocenters. The molecule has 0 aromatic carbocycles. The standard InChI is InChI=1S/C7H5BrN2O/c8-4-6-5-2-1-3-9-7(5)11-10-6/h1-3H,4H2. The van der Waals surface area contributed by atoms with Crippen LogP contribution < -0.4 is 0 Å². The molecule has 2 aromatic heterocycles. The second-order valence-electron chi connectivity index (χ2n) is 2.12. The molecule has 0 aliphatic heterocycles. The topological polar surface area (TPSA) is 38.9 Å². The summed E-state index contributed by atoms with van der Waals surface area (Å²) < 4.78 is 4.95. The molecule has 0 bridgehead atoms. The predicted molar refractivity (Wildman–Crippen MR) is 44.4 cm³/mol. The summed E-state index contributed by atoms with van der Waals surface area (Å²) in [6.07, 6.45) is 1.69. The van der Waals surface area contributed by atoms with E-state index in [4.69, 9.17) is 4.52 Å². The molecule has 0 aliphatic carbocycles. The lowest BCUT2D eigenvalue weighted by molar-refractivity contribution is 0.442. The molecule has 0 saturated carbocycles. The molecule has 0 unspecified atom stereocenters. The maximum atomic E-state index is 4.95. The second-order valence-corrected chi connectivity index (χ2v) is 2.68. The van der Waals surface area contributed by atoms with Crippen molar-refractivity contribution in [2.45, 2.75) is 5.33 Å². The van der Waals surface area contributed by atoms with E-state index in [2.05, 4.69) is 26.1 Å². The minimum Gasteiger partial charge on any atom is -0.336 e. The van der Waals surface area contributed by atoms with Gasteiger partial charge in [0.2, 0.25) is 0 Å². The molecule has 0 amide bonds. The molecule has 0 saturated heterocycles. The Morgan fingerprint density at radius 3 is 3.27 bits per heavy atom. The Balaban J connectivity index is 2.76. The highest BCUT2D eigenvalue weighted by atomic mass is 79.9. The Labute approximate surface area is 71.5 Å². The lowest BCUT2D eigenvalue weighted by atomic mass is 10.3. The fraction of sp³-hybridized carbons (Fsp3) is 0.143. The van der Waals surface area contributed by atoms with Crippen molar-refractivity contribution in [2.24, 2.45) is 0 Å². The number of rotatable bonds is 1. The van der Waals surface area contributed by atoms with Crippen LogP contribution in [-0.4, -0.2) is 10.1 Å². The fourth-order valence-corrected chi connectivity index (χ4v) is 1.33. The van der Waals surface area contributed by atoms with Gasteiger partial charge < -0.3 is 4.52 Å². The molecule has 0 N–H and O–H groups in total. The van der Waals surface area contributed by atoms with Crippen LogP contribution >= 0.6 is 15.9 Å². The van der Waals surface area contributed by atoms with Gasteiger partial charge in [-0.15, -0.1) is 0 Å². The van der Waals surface area contributed by atoms with Crippen LogP contribution in [0.1, 0.15) is 5.69 Å². The highest BCUT2D eigenvalue weighted by Gasteiger charge is 2.05. The minimum atomic E-state index is 0.599. The normalized spacial score (nSPS) is 10.6. The molecule has 0 spiro atoms. The predicted octanol–water partition coefficient (Wildman–Crippen LogP) is 2.12. The maximum Gasteiger partial charge on any atom is 0.257 e. The van der Waals surface area contributed by atoms with Gasteiger partial charge in [0.15, 0.2) is 0 Å². The van der Waals surface area contributed by atoms with Crippen LogP contribution in [0.5, 0.6) is 0 Å². The second kappa shape index (κ2) is 2.62. The van der Waals surface area contributed by atoms with Gasteiger partial charge in [0.25, 0.3) is 5.71 Å². The maximum absolute atomic E-state index is 4.95. The van der Waals surface area contributed by atoms with Crippen LogP contribution in [0.2, 0.25) is 0 Å². The van der Waals surface area contributed by atoms with Crippen molar-refractivity contribution >= 4 is 27.0 Å². The summed E-state index contributed by atoms with van der Waals surface area (Å²) in [6.45, 7) is 0. The molecule has 3 nitrogen and oxygen atoms in total. The van der Waals surface area contributed by atoms with Crippen molar-refractivity contribution in [1.29, 1.82) is 0 Å². The van der Waals surface area contributed by atoms with Crippen LogP contribution in [0.25, 0.3) is 11.1 Å². The van der Waals surface area contributed by atoms with E-state index in [1.807, 2.05) is 12.1 Å². The lowest BCUT2D eigenvalue weighted by Gasteiger charge is -1.84. The Morgan fingerprint density at radius 2 is 2.45 bits per heavy atom. The summed E-state index contributed by atoms with van der Waals surface area (Å²) in [4.78, 5) is 4.00. The molecule has 2 heterocycles. The first-order chi connectivity index (χ1) is 5.42. The quantitative estimate of drug-likeness (QED) is 0.681. The van der Waals surface area contributed by atoms with E-state index in [0.29, 0.717) is 11.0 Å². The number of hydrogen-bond acceptors (Lipinski definition) is 3. The van der Waals surface area contributed by atoms with Crippen molar-refractivity contribution in [1.82, 2.24) is 10.1 Å². The largest absolute Gasteiger partial charge is 0.336 e. The third-order valence-corrected chi connectivity index (χ3v) is 1.98. The summed E-state index contributed by atoms with van der Waals surface area (Å²) in [7, 11) is 0. The third-order valence-electron chi connectivity index (χ3n) is 1.45. The number of hydrogen-bond donors (Lipinski definition) is 0. The van der Waals surface area contributed by atoms with E-state index >= 15 is 0 Å². The Kier molecular flexibility index (Phi) is 1.62. The van der Waals surface area contributed by atoms with Crippen LogP contribution in [0.3, 0.4) is 0 Å². The molecule has 0 aliphatic rings.